The third-order valence-corrected chi connectivity index (χ3v) is 2.88. The summed E-state index contributed by atoms with van der Waals surface area (Å²) in [7, 11) is 0. The average Bonchev–Trinajstić information content (AvgIpc) is 2.04. The highest BCUT2D eigenvalue weighted by Crippen LogP contribution is 2.31. The van der Waals surface area contributed by atoms with E-state index in [2.05, 4.69) is 22.9 Å². The molecule has 0 amide bonds. The van der Waals surface area contributed by atoms with Gasteiger partial charge in [-0.3, -0.25) is 0 Å². The molecule has 1 nitrogen and oxygen atoms in total. The molecular weight excluding hydrogens is 228 g/mol. The van der Waals surface area contributed by atoms with Crippen molar-refractivity contribution in [2.75, 3.05) is 0 Å². The van der Waals surface area contributed by atoms with E-state index in [1.54, 1.807) is 0 Å². The fraction of sp³-hybridized carbons (Fsp3) is 0.455. The maximum atomic E-state index is 10.1. The van der Waals surface area contributed by atoms with E-state index >= 15 is 0 Å². The minimum Gasteiger partial charge on any atom is -0.385 e. The highest BCUT2D eigenvalue weighted by Gasteiger charge is 2.23. The van der Waals surface area contributed by atoms with Crippen molar-refractivity contribution in [2.45, 2.75) is 32.3 Å². The predicted octanol–water partition coefficient (Wildman–Crippen LogP) is 3.46. The number of hydrogen-bond donors (Lipinski definition) is 1. The van der Waals surface area contributed by atoms with Crippen molar-refractivity contribution in [1.29, 1.82) is 0 Å². The van der Waals surface area contributed by atoms with Crippen LogP contribution in [0.25, 0.3) is 0 Å². The second-order valence-corrected chi connectivity index (χ2v) is 4.36. The Kier molecular flexibility index (Phi) is 3.51. The van der Waals surface area contributed by atoms with Gasteiger partial charge in [-0.15, -0.1) is 0 Å². The highest BCUT2D eigenvalue weighted by atomic mass is 79.9. The minimum atomic E-state index is -0.713. The van der Waals surface area contributed by atoms with Crippen molar-refractivity contribution in [1.82, 2.24) is 0 Å². The van der Waals surface area contributed by atoms with Crippen LogP contribution in [0.4, 0.5) is 0 Å². The Morgan fingerprint density at radius 2 is 2.00 bits per heavy atom. The lowest BCUT2D eigenvalue weighted by Gasteiger charge is -2.24. The summed E-state index contributed by atoms with van der Waals surface area (Å²) in [6, 6.07) is 7.82. The Balaban J connectivity index is 2.99. The molecule has 1 atom stereocenters. The largest absolute Gasteiger partial charge is 0.385 e. The molecule has 0 saturated heterocycles. The van der Waals surface area contributed by atoms with Crippen molar-refractivity contribution in [2.24, 2.45) is 0 Å². The summed E-state index contributed by atoms with van der Waals surface area (Å²) in [5.41, 5.74) is 0.256. The van der Waals surface area contributed by atoms with Crippen LogP contribution in [0.15, 0.2) is 28.7 Å². The molecule has 0 fully saturated rings. The summed E-state index contributed by atoms with van der Waals surface area (Å²) in [6.07, 6.45) is 1.77. The number of hydrogen-bond acceptors (Lipinski definition) is 1. The van der Waals surface area contributed by atoms with Crippen molar-refractivity contribution >= 4 is 15.9 Å². The number of benzene rings is 1. The zero-order valence-electron chi connectivity index (χ0n) is 8.05. The van der Waals surface area contributed by atoms with Crippen molar-refractivity contribution < 1.29 is 5.11 Å². The van der Waals surface area contributed by atoms with Crippen LogP contribution in [0.1, 0.15) is 32.3 Å². The van der Waals surface area contributed by atoms with E-state index in [1.807, 2.05) is 31.2 Å². The van der Waals surface area contributed by atoms with Gasteiger partial charge in [-0.25, -0.2) is 0 Å². The molecule has 1 aromatic carbocycles. The van der Waals surface area contributed by atoms with Crippen LogP contribution in [0.2, 0.25) is 0 Å². The smallest absolute Gasteiger partial charge is 0.0879 e. The quantitative estimate of drug-likeness (QED) is 0.861. The van der Waals surface area contributed by atoms with Gasteiger partial charge in [0.2, 0.25) is 0 Å². The van der Waals surface area contributed by atoms with Gasteiger partial charge in [-0.1, -0.05) is 47.5 Å². The third kappa shape index (κ3) is 2.55. The first-order valence-electron chi connectivity index (χ1n) is 4.55. The van der Waals surface area contributed by atoms with Gasteiger partial charge in [-0.05, 0) is 25.0 Å². The predicted molar refractivity (Wildman–Crippen MR) is 58.6 cm³/mol. The molecule has 0 aliphatic heterocycles. The third-order valence-electron chi connectivity index (χ3n) is 2.19. The average molecular weight is 243 g/mol. The Bertz CT molecular complexity index is 281. The molecule has 1 N–H and O–H groups in total. The van der Waals surface area contributed by atoms with Gasteiger partial charge in [0, 0.05) is 4.47 Å². The molecule has 13 heavy (non-hydrogen) atoms. The first-order chi connectivity index (χ1) is 6.08. The number of aliphatic hydroxyl groups is 1. The molecule has 1 unspecified atom stereocenters. The molecule has 0 aliphatic rings. The van der Waals surface area contributed by atoms with E-state index in [1.165, 1.54) is 0 Å². The summed E-state index contributed by atoms with van der Waals surface area (Å²) in [6.45, 7) is 3.93. The molecule has 0 saturated carbocycles. The normalized spacial score (nSPS) is 15.4. The second-order valence-electron chi connectivity index (χ2n) is 3.50. The lowest BCUT2D eigenvalue weighted by atomic mass is 9.92. The zero-order chi connectivity index (χ0) is 9.90. The fourth-order valence-corrected chi connectivity index (χ4v) is 2.23. The van der Waals surface area contributed by atoms with Crippen molar-refractivity contribution in [3.63, 3.8) is 0 Å². The van der Waals surface area contributed by atoms with E-state index in [9.17, 15) is 5.11 Å². The maximum absolute atomic E-state index is 10.1. The Labute approximate surface area is 87.9 Å². The van der Waals surface area contributed by atoms with Crippen LogP contribution in [-0.2, 0) is 5.60 Å². The minimum absolute atomic E-state index is 0.713. The topological polar surface area (TPSA) is 20.2 Å². The van der Waals surface area contributed by atoms with Crippen LogP contribution < -0.4 is 0 Å². The number of rotatable bonds is 3. The molecular formula is C11H15BrO. The molecule has 0 bridgehead atoms. The summed E-state index contributed by atoms with van der Waals surface area (Å²) in [5.74, 6) is 0. The molecule has 2 heteroatoms. The molecule has 1 rings (SSSR count). The van der Waals surface area contributed by atoms with Gasteiger partial charge in [0.25, 0.3) is 0 Å². The van der Waals surface area contributed by atoms with Crippen LogP contribution >= 0.6 is 15.9 Å². The standard InChI is InChI=1S/C11H15BrO/c1-3-8-11(2,13)9-6-4-5-7-10(9)12/h4-7,13H,3,8H2,1-2H3. The fourth-order valence-electron chi connectivity index (χ4n) is 1.52. The van der Waals surface area contributed by atoms with Gasteiger partial charge < -0.3 is 5.11 Å². The molecule has 0 aliphatic carbocycles. The maximum Gasteiger partial charge on any atom is 0.0879 e. The first kappa shape index (κ1) is 10.7. The molecule has 0 spiro atoms. The Morgan fingerprint density at radius 3 is 2.54 bits per heavy atom. The molecule has 72 valence electrons. The summed E-state index contributed by atoms with van der Waals surface area (Å²) in [5, 5.41) is 10.1. The summed E-state index contributed by atoms with van der Waals surface area (Å²) in [4.78, 5) is 0. The van der Waals surface area contributed by atoms with E-state index in [0.717, 1.165) is 22.9 Å². The molecule has 0 radical (unpaired) electrons. The van der Waals surface area contributed by atoms with Gasteiger partial charge in [0.05, 0.1) is 5.60 Å². The monoisotopic (exact) mass is 242 g/mol. The van der Waals surface area contributed by atoms with Gasteiger partial charge in [0.15, 0.2) is 0 Å². The first-order valence-corrected chi connectivity index (χ1v) is 5.34. The van der Waals surface area contributed by atoms with Crippen LogP contribution in [0.3, 0.4) is 0 Å². The van der Waals surface area contributed by atoms with E-state index < -0.39 is 5.60 Å². The lowest BCUT2D eigenvalue weighted by molar-refractivity contribution is 0.0462. The van der Waals surface area contributed by atoms with Gasteiger partial charge >= 0.3 is 0 Å². The molecule has 0 heterocycles. The van der Waals surface area contributed by atoms with Crippen LogP contribution in [0, 0.1) is 0 Å². The van der Waals surface area contributed by atoms with Crippen molar-refractivity contribution in [3.05, 3.63) is 34.3 Å². The van der Waals surface area contributed by atoms with Gasteiger partial charge in [-0.2, -0.15) is 0 Å². The summed E-state index contributed by atoms with van der Waals surface area (Å²) < 4.78 is 0.980. The van der Waals surface area contributed by atoms with Crippen molar-refractivity contribution in [3.8, 4) is 0 Å². The van der Waals surface area contributed by atoms with Crippen LogP contribution in [-0.4, -0.2) is 5.11 Å². The lowest BCUT2D eigenvalue weighted by Crippen LogP contribution is -2.21. The number of halogens is 1. The van der Waals surface area contributed by atoms with E-state index in [0.29, 0.717) is 0 Å². The van der Waals surface area contributed by atoms with E-state index in [-0.39, 0.29) is 0 Å². The van der Waals surface area contributed by atoms with E-state index in [4.69, 9.17) is 0 Å². The second kappa shape index (κ2) is 4.25. The SMILES string of the molecule is CCCC(C)(O)c1ccccc1Br. The Hall–Kier alpha value is -0.340. The zero-order valence-corrected chi connectivity index (χ0v) is 9.63. The van der Waals surface area contributed by atoms with Gasteiger partial charge in [0.1, 0.15) is 0 Å². The highest BCUT2D eigenvalue weighted by molar-refractivity contribution is 9.10. The molecule has 1 aromatic rings. The summed E-state index contributed by atoms with van der Waals surface area (Å²) >= 11 is 3.44. The van der Waals surface area contributed by atoms with Crippen LogP contribution in [0.5, 0.6) is 0 Å². The molecule has 0 aromatic heterocycles. The Morgan fingerprint density at radius 1 is 1.38 bits per heavy atom.